The number of ether oxygens (including phenoxy) is 1. The molecule has 1 aliphatic rings. The molecule has 4 atom stereocenters. The number of rotatable bonds is 19. The summed E-state index contributed by atoms with van der Waals surface area (Å²) in [5.41, 5.74) is 8.32. The summed E-state index contributed by atoms with van der Waals surface area (Å²) < 4.78 is 60.6. The molecule has 2 amide bonds. The number of nitrogens with two attached hydrogens (primary N) is 1. The highest BCUT2D eigenvalue weighted by Crippen LogP contribution is 2.21. The van der Waals surface area contributed by atoms with Crippen LogP contribution in [-0.2, 0) is 38.8 Å². The highest BCUT2D eigenvalue weighted by atomic mass is 32.2. The quantitative estimate of drug-likeness (QED) is 0.173. The number of amides is 2. The Hall–Kier alpha value is -3.13. The lowest BCUT2D eigenvalue weighted by atomic mass is 10.0. The molecule has 0 saturated carbocycles. The molecule has 0 aromatic heterocycles. The minimum absolute atomic E-state index is 0.0349. The Balaban J connectivity index is 1.91. The third-order valence-electron chi connectivity index (χ3n) is 8.67. The van der Waals surface area contributed by atoms with Gasteiger partial charge in [0.15, 0.2) is 9.84 Å². The molecule has 2 aromatic carbocycles. The lowest BCUT2D eigenvalue weighted by molar-refractivity contribution is -0.137. The fourth-order valence-corrected chi connectivity index (χ4v) is 8.35. The number of halogens is 2. The molecule has 2 aromatic rings. The van der Waals surface area contributed by atoms with Crippen LogP contribution in [-0.4, -0.2) is 85.9 Å². The fourth-order valence-electron chi connectivity index (χ4n) is 6.07. The molecule has 10 nitrogen and oxygen atoms in total. The summed E-state index contributed by atoms with van der Waals surface area (Å²) in [5.74, 6) is -3.82. The van der Waals surface area contributed by atoms with Gasteiger partial charge < -0.3 is 31.1 Å². The van der Waals surface area contributed by atoms with Crippen molar-refractivity contribution in [2.75, 3.05) is 31.9 Å². The van der Waals surface area contributed by atoms with Crippen molar-refractivity contribution >= 4 is 21.8 Å². The van der Waals surface area contributed by atoms with Gasteiger partial charge in [0.05, 0.1) is 23.0 Å². The van der Waals surface area contributed by atoms with Gasteiger partial charge in [0.25, 0.3) is 0 Å². The van der Waals surface area contributed by atoms with Crippen molar-refractivity contribution in [2.45, 2.75) is 95.8 Å². The zero-order valence-corrected chi connectivity index (χ0v) is 29.1. The Morgan fingerprint density at radius 3 is 2.33 bits per heavy atom. The summed E-state index contributed by atoms with van der Waals surface area (Å²) in [6, 6.07) is 9.56. The molecule has 48 heavy (non-hydrogen) atoms. The van der Waals surface area contributed by atoms with Crippen molar-refractivity contribution in [2.24, 2.45) is 11.7 Å². The third kappa shape index (κ3) is 12.4. The monoisotopic (exact) mass is 694 g/mol. The zero-order valence-electron chi connectivity index (χ0n) is 28.3. The smallest absolute Gasteiger partial charge is 0.407 e. The molecule has 5 N–H and O–H groups in total. The van der Waals surface area contributed by atoms with Gasteiger partial charge in [-0.1, -0.05) is 57.9 Å². The molecule has 1 fully saturated rings. The van der Waals surface area contributed by atoms with E-state index in [0.717, 1.165) is 35.7 Å². The first kappa shape index (κ1) is 39.3. The number of carbonyl (C=O) groups excluding carboxylic acids is 2. The number of aryl methyl sites for hydroxylation is 1. The van der Waals surface area contributed by atoms with Crippen LogP contribution >= 0.6 is 0 Å². The van der Waals surface area contributed by atoms with E-state index >= 15 is 0 Å². The van der Waals surface area contributed by atoms with Gasteiger partial charge in [-0.05, 0) is 67.5 Å². The Morgan fingerprint density at radius 1 is 1.06 bits per heavy atom. The van der Waals surface area contributed by atoms with Crippen LogP contribution in [0, 0.1) is 17.6 Å². The summed E-state index contributed by atoms with van der Waals surface area (Å²) in [4.78, 5) is 28.4. The van der Waals surface area contributed by atoms with Gasteiger partial charge in [0.2, 0.25) is 5.91 Å². The molecule has 0 spiro atoms. The van der Waals surface area contributed by atoms with Gasteiger partial charge in [-0.15, -0.1) is 0 Å². The molecule has 0 bridgehead atoms. The van der Waals surface area contributed by atoms with E-state index in [4.69, 9.17) is 10.5 Å². The topological polar surface area (TPSA) is 151 Å². The molecule has 1 unspecified atom stereocenters. The normalized spacial score (nSPS) is 16.8. The molecular weight excluding hydrogens is 642 g/mol. The second-order valence-electron chi connectivity index (χ2n) is 12.7. The van der Waals surface area contributed by atoms with Crippen molar-refractivity contribution in [1.82, 2.24) is 15.5 Å². The summed E-state index contributed by atoms with van der Waals surface area (Å²) in [6.45, 7) is 6.49. The predicted molar refractivity (Wildman–Crippen MR) is 182 cm³/mol. The largest absolute Gasteiger partial charge is 0.445 e. The second-order valence-corrected chi connectivity index (χ2v) is 15.1. The van der Waals surface area contributed by atoms with Crippen LogP contribution in [0.4, 0.5) is 13.6 Å². The van der Waals surface area contributed by atoms with Crippen LogP contribution in [0.5, 0.6) is 0 Å². The van der Waals surface area contributed by atoms with E-state index in [0.29, 0.717) is 45.2 Å². The summed E-state index contributed by atoms with van der Waals surface area (Å²) in [5, 5.41) is 16.3. The summed E-state index contributed by atoms with van der Waals surface area (Å²) in [6.07, 6.45) is 1.13. The predicted octanol–water partition coefficient (Wildman–Crippen LogP) is 3.87. The average Bonchev–Trinajstić information content (AvgIpc) is 3.54. The van der Waals surface area contributed by atoms with Crippen LogP contribution in [0.3, 0.4) is 0 Å². The molecule has 1 saturated heterocycles. The van der Waals surface area contributed by atoms with Crippen molar-refractivity contribution < 1.29 is 36.6 Å². The van der Waals surface area contributed by atoms with E-state index in [1.807, 2.05) is 45.0 Å². The molecule has 0 radical (unpaired) electrons. The van der Waals surface area contributed by atoms with E-state index in [-0.39, 0.29) is 37.7 Å². The van der Waals surface area contributed by atoms with Crippen LogP contribution < -0.4 is 16.4 Å². The highest BCUT2D eigenvalue weighted by Gasteiger charge is 2.35. The number of alkyl carbamates (subject to hydrolysis) is 1. The Bertz CT molecular complexity index is 1410. The first-order chi connectivity index (χ1) is 22.8. The number of hydrogen-bond acceptors (Lipinski definition) is 8. The average molecular weight is 695 g/mol. The number of benzene rings is 2. The molecule has 0 aliphatic carbocycles. The van der Waals surface area contributed by atoms with Crippen molar-refractivity contribution in [1.29, 1.82) is 0 Å². The molecular formula is C35H52F2N4O6S. The van der Waals surface area contributed by atoms with E-state index in [1.54, 1.807) is 0 Å². The highest BCUT2D eigenvalue weighted by molar-refractivity contribution is 7.92. The van der Waals surface area contributed by atoms with Gasteiger partial charge in [-0.2, -0.15) is 0 Å². The van der Waals surface area contributed by atoms with Crippen LogP contribution in [0.15, 0.2) is 42.5 Å². The Morgan fingerprint density at radius 2 is 1.73 bits per heavy atom. The minimum atomic E-state index is -3.78. The number of aliphatic hydroxyl groups is 1. The number of aliphatic hydroxyl groups excluding tert-OH is 1. The van der Waals surface area contributed by atoms with Crippen LogP contribution in [0.1, 0.15) is 69.6 Å². The van der Waals surface area contributed by atoms with Crippen molar-refractivity contribution in [3.63, 3.8) is 0 Å². The Labute approximate surface area is 283 Å². The molecule has 268 valence electrons. The number of sulfone groups is 1. The summed E-state index contributed by atoms with van der Waals surface area (Å²) >= 11 is 0. The van der Waals surface area contributed by atoms with Gasteiger partial charge in [-0.25, -0.2) is 22.0 Å². The van der Waals surface area contributed by atoms with Gasteiger partial charge in [0, 0.05) is 38.3 Å². The first-order valence-electron chi connectivity index (χ1n) is 17.0. The van der Waals surface area contributed by atoms with E-state index in [1.165, 1.54) is 4.90 Å². The number of nitrogens with one attached hydrogen (secondary N) is 2. The fraction of sp³-hybridized carbons (Fsp3) is 0.600. The van der Waals surface area contributed by atoms with E-state index < -0.39 is 62.5 Å². The zero-order chi connectivity index (χ0) is 35.3. The lowest BCUT2D eigenvalue weighted by Crippen LogP contribution is -2.50. The first-order valence-corrected chi connectivity index (χ1v) is 18.7. The maximum absolute atomic E-state index is 14.4. The van der Waals surface area contributed by atoms with E-state index in [2.05, 4.69) is 10.6 Å². The molecule has 1 aliphatic heterocycles. The number of nitrogens with zero attached hydrogens (tertiary/aromatic N) is 1. The maximum atomic E-state index is 14.4. The van der Waals surface area contributed by atoms with Gasteiger partial charge in [0.1, 0.15) is 17.7 Å². The molecule has 3 rings (SSSR count). The second kappa shape index (κ2) is 19.2. The molecule has 1 heterocycles. The standard InChI is InChI=1S/C35H52F2N4O6S/c1-4-8-31(9-5-2)48(45,46)23-27(19-40-35(44)47-30-12-13-39-20-30)34(43)41(21-25-11-7-10-24(6-3)14-25)22-33(42)32(38)17-26-15-28(36)18-29(37)16-26/h7,10-11,14-16,18,27,30-33,39,42H,4-6,8-9,12-13,17,19-23,38H2,1-3H3,(H,40,44)/t27?,30-,32+,33-/m1/s1. The maximum Gasteiger partial charge on any atom is 0.407 e. The van der Waals surface area contributed by atoms with Crippen molar-refractivity contribution in [3.05, 3.63) is 70.8 Å². The van der Waals surface area contributed by atoms with Gasteiger partial charge >= 0.3 is 6.09 Å². The molecule has 13 heteroatoms. The van der Waals surface area contributed by atoms with Crippen molar-refractivity contribution in [3.8, 4) is 0 Å². The number of hydrogen-bond donors (Lipinski definition) is 4. The Kier molecular flexibility index (Phi) is 15.7. The van der Waals surface area contributed by atoms with Crippen LogP contribution in [0.2, 0.25) is 0 Å². The third-order valence-corrected chi connectivity index (χ3v) is 11.0. The van der Waals surface area contributed by atoms with Gasteiger partial charge in [-0.3, -0.25) is 4.79 Å². The summed E-state index contributed by atoms with van der Waals surface area (Å²) in [7, 11) is -3.78. The lowest BCUT2D eigenvalue weighted by Gasteiger charge is -2.32. The SMILES string of the molecule is CCCC(CCC)S(=O)(=O)CC(CNC(=O)O[C@@H]1CCNC1)C(=O)N(Cc1cccc(CC)c1)C[C@@H](O)[C@@H](N)Cc1cc(F)cc(F)c1. The minimum Gasteiger partial charge on any atom is -0.445 e. The van der Waals surface area contributed by atoms with Crippen LogP contribution in [0.25, 0.3) is 0 Å². The van der Waals surface area contributed by atoms with E-state index in [9.17, 15) is 31.9 Å². The number of carbonyl (C=O) groups is 2.